The molecule has 0 aromatic carbocycles. The highest BCUT2D eigenvalue weighted by molar-refractivity contribution is 5.03. The van der Waals surface area contributed by atoms with Crippen LogP contribution in [-0.2, 0) is 11.3 Å². The molecule has 5 aliphatic rings. The molecule has 1 aliphatic heterocycles. The van der Waals surface area contributed by atoms with E-state index in [0.29, 0.717) is 24.9 Å². The van der Waals surface area contributed by atoms with Crippen molar-refractivity contribution < 1.29 is 15.1 Å². The molecule has 1 aromatic rings. The third-order valence-corrected chi connectivity index (χ3v) is 7.67. The Morgan fingerprint density at radius 3 is 2.46 bits per heavy atom. The molecule has 154 valence electrons. The van der Waals surface area contributed by atoms with Gasteiger partial charge in [0.25, 0.3) is 5.56 Å². The smallest absolute Gasteiger partial charge is 0.328 e. The van der Waals surface area contributed by atoms with Crippen LogP contribution in [0.4, 0.5) is 0 Å². The lowest BCUT2D eigenvalue weighted by molar-refractivity contribution is -0.307. The summed E-state index contributed by atoms with van der Waals surface area (Å²) in [6.07, 6.45) is 7.37. The van der Waals surface area contributed by atoms with Crippen LogP contribution in [0, 0.1) is 23.7 Å². The van der Waals surface area contributed by atoms with Crippen LogP contribution in [0.1, 0.15) is 44.9 Å². The van der Waals surface area contributed by atoms with Crippen molar-refractivity contribution in [3.05, 3.63) is 33.1 Å². The molecule has 5 fully saturated rings. The molecule has 1 saturated heterocycles. The van der Waals surface area contributed by atoms with Crippen molar-refractivity contribution in [3.8, 4) is 0 Å². The third kappa shape index (κ3) is 2.98. The van der Waals surface area contributed by atoms with E-state index in [1.165, 1.54) is 23.3 Å². The maximum absolute atomic E-state index is 12.2. The van der Waals surface area contributed by atoms with E-state index < -0.39 is 23.1 Å². The van der Waals surface area contributed by atoms with Crippen molar-refractivity contribution in [1.29, 1.82) is 0 Å². The maximum Gasteiger partial charge on any atom is 0.328 e. The van der Waals surface area contributed by atoms with E-state index in [-0.39, 0.29) is 12.6 Å². The predicted octanol–water partition coefficient (Wildman–Crippen LogP) is 0.920. The summed E-state index contributed by atoms with van der Waals surface area (Å²) in [5, 5.41) is 23.5. The number of aliphatic hydroxyl groups excluding tert-OH is 1. The van der Waals surface area contributed by atoms with Crippen LogP contribution < -0.4 is 11.2 Å². The summed E-state index contributed by atoms with van der Waals surface area (Å²) in [5.74, 6) is 2.40. The van der Waals surface area contributed by atoms with Gasteiger partial charge in [0.1, 0.15) is 5.60 Å². The number of H-pyrrole nitrogens is 1. The number of nitrogens with zero attached hydrogens (tertiary/aromatic N) is 2. The Morgan fingerprint density at radius 2 is 1.89 bits per heavy atom. The van der Waals surface area contributed by atoms with E-state index in [1.807, 2.05) is 0 Å². The van der Waals surface area contributed by atoms with Crippen LogP contribution in [0.2, 0.25) is 0 Å². The summed E-state index contributed by atoms with van der Waals surface area (Å²) < 4.78 is 7.30. The first-order valence-corrected chi connectivity index (χ1v) is 10.5. The highest BCUT2D eigenvalue weighted by atomic mass is 16.6. The lowest BCUT2D eigenvalue weighted by Crippen LogP contribution is -2.63. The van der Waals surface area contributed by atoms with Gasteiger partial charge in [0.05, 0.1) is 6.54 Å². The second-order valence-electron chi connectivity index (χ2n) is 9.43. The summed E-state index contributed by atoms with van der Waals surface area (Å²) in [5.41, 5.74) is -2.06. The molecule has 0 amide bonds. The van der Waals surface area contributed by atoms with Gasteiger partial charge in [-0.15, -0.1) is 0 Å². The average molecular weight is 391 g/mol. The Kier molecular flexibility index (Phi) is 4.50. The van der Waals surface area contributed by atoms with Gasteiger partial charge in [-0.3, -0.25) is 14.3 Å². The topological polar surface area (TPSA) is 108 Å². The SMILES string of the molecule is O=c1ccn(C[C@@]2(C(O)N(O)C3C4CC5CC(C4)CC3C5)CCCO2)c(=O)[nH]1. The number of hydrogen-bond donors (Lipinski definition) is 3. The van der Waals surface area contributed by atoms with E-state index in [0.717, 1.165) is 49.0 Å². The number of hydroxylamine groups is 2. The summed E-state index contributed by atoms with van der Waals surface area (Å²) in [6, 6.07) is 1.24. The summed E-state index contributed by atoms with van der Waals surface area (Å²) >= 11 is 0. The molecule has 8 nitrogen and oxygen atoms in total. The normalized spacial score (nSPS) is 40.3. The van der Waals surface area contributed by atoms with Gasteiger partial charge in [-0.05, 0) is 68.6 Å². The lowest BCUT2D eigenvalue weighted by Gasteiger charge is -2.57. The fourth-order valence-electron chi connectivity index (χ4n) is 6.72. The van der Waals surface area contributed by atoms with Crippen molar-refractivity contribution in [2.24, 2.45) is 23.7 Å². The minimum atomic E-state index is -1.21. The zero-order valence-corrected chi connectivity index (χ0v) is 16.0. The summed E-state index contributed by atoms with van der Waals surface area (Å²) in [7, 11) is 0. The monoisotopic (exact) mass is 391 g/mol. The van der Waals surface area contributed by atoms with Gasteiger partial charge in [0.15, 0.2) is 6.23 Å². The number of aromatic amines is 1. The lowest BCUT2D eigenvalue weighted by atomic mass is 9.54. The zero-order chi connectivity index (χ0) is 19.5. The van der Waals surface area contributed by atoms with Crippen molar-refractivity contribution >= 4 is 0 Å². The Hall–Kier alpha value is -1.48. The molecule has 0 radical (unpaired) electrons. The first-order valence-electron chi connectivity index (χ1n) is 10.5. The van der Waals surface area contributed by atoms with E-state index in [9.17, 15) is 19.9 Å². The quantitative estimate of drug-likeness (QED) is 0.509. The van der Waals surface area contributed by atoms with Gasteiger partial charge in [-0.25, -0.2) is 4.79 Å². The molecule has 6 rings (SSSR count). The van der Waals surface area contributed by atoms with Crippen LogP contribution in [0.5, 0.6) is 0 Å². The molecule has 8 heteroatoms. The molecule has 4 aliphatic carbocycles. The summed E-state index contributed by atoms with van der Waals surface area (Å²) in [6.45, 7) is 0.568. The first kappa shape index (κ1) is 18.5. The van der Waals surface area contributed by atoms with Crippen LogP contribution in [-0.4, -0.2) is 49.4 Å². The Balaban J connectivity index is 1.40. The van der Waals surface area contributed by atoms with E-state index in [2.05, 4.69) is 4.98 Å². The highest BCUT2D eigenvalue weighted by Crippen LogP contribution is 2.55. The van der Waals surface area contributed by atoms with Crippen LogP contribution in [0.25, 0.3) is 0 Å². The average Bonchev–Trinajstić information content (AvgIpc) is 3.12. The Labute approximate surface area is 163 Å². The van der Waals surface area contributed by atoms with Crippen molar-refractivity contribution in [2.45, 2.75) is 69.4 Å². The molecule has 1 aromatic heterocycles. The van der Waals surface area contributed by atoms with Gasteiger partial charge in [-0.2, -0.15) is 5.06 Å². The fraction of sp³-hybridized carbons (Fsp3) is 0.800. The number of ether oxygens (including phenoxy) is 1. The molecule has 2 heterocycles. The Morgan fingerprint density at radius 1 is 1.21 bits per heavy atom. The minimum absolute atomic E-state index is 0.0452. The molecule has 3 N–H and O–H groups in total. The van der Waals surface area contributed by atoms with Gasteiger partial charge in [0.2, 0.25) is 0 Å². The number of aliphatic hydroxyl groups is 1. The predicted molar refractivity (Wildman–Crippen MR) is 99.7 cm³/mol. The van der Waals surface area contributed by atoms with Crippen molar-refractivity contribution in [2.75, 3.05) is 6.61 Å². The van der Waals surface area contributed by atoms with Gasteiger partial charge < -0.3 is 15.1 Å². The minimum Gasteiger partial charge on any atom is -0.373 e. The summed E-state index contributed by atoms with van der Waals surface area (Å²) in [4.78, 5) is 25.8. The van der Waals surface area contributed by atoms with Gasteiger partial charge in [0, 0.05) is 24.9 Å². The van der Waals surface area contributed by atoms with Crippen LogP contribution in [0.15, 0.2) is 21.9 Å². The molecule has 28 heavy (non-hydrogen) atoms. The molecule has 0 spiro atoms. The van der Waals surface area contributed by atoms with E-state index >= 15 is 0 Å². The number of rotatable bonds is 5. The molecule has 4 saturated carbocycles. The van der Waals surface area contributed by atoms with Crippen molar-refractivity contribution in [3.63, 3.8) is 0 Å². The van der Waals surface area contributed by atoms with Gasteiger partial charge in [-0.1, -0.05) is 0 Å². The largest absolute Gasteiger partial charge is 0.373 e. The fourth-order valence-corrected chi connectivity index (χ4v) is 6.72. The molecule has 2 atom stereocenters. The zero-order valence-electron chi connectivity index (χ0n) is 16.0. The first-order chi connectivity index (χ1) is 13.4. The van der Waals surface area contributed by atoms with E-state index in [4.69, 9.17) is 4.74 Å². The second kappa shape index (κ2) is 6.79. The Bertz CT molecular complexity index is 815. The molecular weight excluding hydrogens is 362 g/mol. The number of hydrogen-bond acceptors (Lipinski definition) is 6. The third-order valence-electron chi connectivity index (χ3n) is 7.67. The highest BCUT2D eigenvalue weighted by Gasteiger charge is 2.54. The number of aromatic nitrogens is 2. The number of nitrogens with one attached hydrogen (secondary N) is 1. The molecular formula is C20H29N3O5. The van der Waals surface area contributed by atoms with E-state index in [1.54, 1.807) is 0 Å². The van der Waals surface area contributed by atoms with Crippen LogP contribution in [0.3, 0.4) is 0 Å². The van der Waals surface area contributed by atoms with Crippen LogP contribution >= 0.6 is 0 Å². The van der Waals surface area contributed by atoms with Crippen molar-refractivity contribution in [1.82, 2.24) is 14.6 Å². The molecule has 4 bridgehead atoms. The second-order valence-corrected chi connectivity index (χ2v) is 9.43. The standard InChI is InChI=1S/C20H29N3O5/c24-16-2-4-22(19(26)21-16)11-20(3-1-5-28-20)18(25)23(27)17-14-7-12-6-13(9-14)10-15(17)8-12/h2,4,12-15,17-18,25,27H,1,3,5-11H2,(H,21,24,26)/t12?,13?,14?,15?,17?,18?,20-/m1/s1. The maximum atomic E-state index is 12.2. The molecule has 1 unspecified atom stereocenters. The van der Waals surface area contributed by atoms with Gasteiger partial charge >= 0.3 is 5.69 Å².